The van der Waals surface area contributed by atoms with Crippen LogP contribution in [0.1, 0.15) is 57.9 Å². The van der Waals surface area contributed by atoms with Crippen LogP contribution >= 0.6 is 0 Å². The van der Waals surface area contributed by atoms with Gasteiger partial charge in [-0.1, -0.05) is 57.0 Å². The molecule has 0 amide bonds. The second-order valence-electron chi connectivity index (χ2n) is 6.55. The van der Waals surface area contributed by atoms with Crippen LogP contribution in [0.5, 0.6) is 0 Å². The normalized spacial score (nSPS) is 23.5. The molecule has 2 unspecified atom stereocenters. The summed E-state index contributed by atoms with van der Waals surface area (Å²) in [6.07, 6.45) is 8.89. The Morgan fingerprint density at radius 3 is 2.52 bits per heavy atom. The molecule has 1 fully saturated rings. The van der Waals surface area contributed by atoms with Crippen molar-refractivity contribution in [2.45, 2.75) is 70.4 Å². The lowest BCUT2D eigenvalue weighted by Crippen LogP contribution is -2.58. The highest BCUT2D eigenvalue weighted by molar-refractivity contribution is 5.18. The van der Waals surface area contributed by atoms with Crippen LogP contribution in [-0.4, -0.2) is 29.6 Å². The molecular weight excluding hydrogens is 256 g/mol. The molecule has 2 nitrogen and oxygen atoms in total. The van der Waals surface area contributed by atoms with Crippen molar-refractivity contribution in [2.75, 3.05) is 13.1 Å². The van der Waals surface area contributed by atoms with Crippen LogP contribution in [0.15, 0.2) is 30.3 Å². The van der Waals surface area contributed by atoms with Crippen LogP contribution in [0.4, 0.5) is 0 Å². The van der Waals surface area contributed by atoms with Gasteiger partial charge in [0.15, 0.2) is 0 Å². The monoisotopic (exact) mass is 288 g/mol. The van der Waals surface area contributed by atoms with E-state index in [4.69, 9.17) is 5.73 Å². The fourth-order valence-corrected chi connectivity index (χ4v) is 3.97. The van der Waals surface area contributed by atoms with Gasteiger partial charge in [-0.2, -0.15) is 0 Å². The summed E-state index contributed by atoms with van der Waals surface area (Å²) in [5.41, 5.74) is 7.87. The van der Waals surface area contributed by atoms with Crippen LogP contribution in [0, 0.1) is 0 Å². The van der Waals surface area contributed by atoms with E-state index in [2.05, 4.69) is 49.1 Å². The van der Waals surface area contributed by atoms with Crippen molar-refractivity contribution in [1.82, 2.24) is 4.90 Å². The Morgan fingerprint density at radius 1 is 1.14 bits per heavy atom. The van der Waals surface area contributed by atoms with Gasteiger partial charge in [-0.15, -0.1) is 0 Å². The van der Waals surface area contributed by atoms with Crippen molar-refractivity contribution in [3.8, 4) is 0 Å². The van der Waals surface area contributed by atoms with E-state index in [1.165, 1.54) is 44.2 Å². The van der Waals surface area contributed by atoms with E-state index in [9.17, 15) is 0 Å². The van der Waals surface area contributed by atoms with Gasteiger partial charge in [0.2, 0.25) is 0 Å². The average molecular weight is 288 g/mol. The van der Waals surface area contributed by atoms with Crippen molar-refractivity contribution in [3.05, 3.63) is 35.9 Å². The predicted molar refractivity (Wildman–Crippen MR) is 91.5 cm³/mol. The van der Waals surface area contributed by atoms with E-state index in [1.54, 1.807) is 0 Å². The first-order chi connectivity index (χ1) is 10.3. The van der Waals surface area contributed by atoms with Crippen LogP contribution < -0.4 is 5.73 Å². The molecule has 1 aromatic rings. The first-order valence-electron chi connectivity index (χ1n) is 8.76. The van der Waals surface area contributed by atoms with E-state index < -0.39 is 0 Å². The summed E-state index contributed by atoms with van der Waals surface area (Å²) in [5, 5.41) is 0. The van der Waals surface area contributed by atoms with E-state index >= 15 is 0 Å². The Kier molecular flexibility index (Phi) is 6.25. The molecule has 2 atom stereocenters. The molecule has 1 heterocycles. The number of benzene rings is 1. The highest BCUT2D eigenvalue weighted by Crippen LogP contribution is 2.31. The molecule has 2 rings (SSSR count). The summed E-state index contributed by atoms with van der Waals surface area (Å²) in [4.78, 5) is 2.77. The number of nitrogens with two attached hydrogens (primary N) is 1. The Balaban J connectivity index is 2.26. The van der Waals surface area contributed by atoms with Crippen molar-refractivity contribution >= 4 is 0 Å². The standard InChI is InChI=1S/C19H32N2/c1-3-18-13-9-6-10-14-21(18)19(4-2,16-20)15-17-11-7-5-8-12-17/h5,7-8,11-12,18H,3-4,6,9-10,13-16,20H2,1-2H3. The van der Waals surface area contributed by atoms with Gasteiger partial charge in [0.1, 0.15) is 0 Å². The fourth-order valence-electron chi connectivity index (χ4n) is 3.97. The van der Waals surface area contributed by atoms with Crippen molar-refractivity contribution in [1.29, 1.82) is 0 Å². The molecule has 1 aliphatic rings. The Morgan fingerprint density at radius 2 is 1.90 bits per heavy atom. The molecule has 1 aromatic carbocycles. The van der Waals surface area contributed by atoms with Crippen molar-refractivity contribution in [3.63, 3.8) is 0 Å². The highest BCUT2D eigenvalue weighted by atomic mass is 15.2. The number of hydrogen-bond acceptors (Lipinski definition) is 2. The summed E-state index contributed by atoms with van der Waals surface area (Å²) >= 11 is 0. The minimum Gasteiger partial charge on any atom is -0.329 e. The molecule has 2 N–H and O–H groups in total. The van der Waals surface area contributed by atoms with Gasteiger partial charge >= 0.3 is 0 Å². The molecule has 0 saturated carbocycles. The fraction of sp³-hybridized carbons (Fsp3) is 0.684. The third-order valence-electron chi connectivity index (χ3n) is 5.37. The number of hydrogen-bond donors (Lipinski definition) is 1. The number of rotatable bonds is 6. The van der Waals surface area contributed by atoms with Crippen LogP contribution in [0.2, 0.25) is 0 Å². The lowest BCUT2D eigenvalue weighted by molar-refractivity contribution is 0.0437. The average Bonchev–Trinajstić information content (AvgIpc) is 2.79. The maximum Gasteiger partial charge on any atom is 0.0372 e. The SMILES string of the molecule is CCC1CCCCCN1C(CC)(CN)Cc1ccccc1. The molecule has 0 aliphatic carbocycles. The Hall–Kier alpha value is -0.860. The first-order valence-corrected chi connectivity index (χ1v) is 8.76. The van der Waals surface area contributed by atoms with Gasteiger partial charge < -0.3 is 5.73 Å². The van der Waals surface area contributed by atoms with E-state index in [-0.39, 0.29) is 5.54 Å². The quantitative estimate of drug-likeness (QED) is 0.857. The van der Waals surface area contributed by atoms with E-state index in [1.807, 2.05) is 0 Å². The molecular formula is C19H32N2. The summed E-state index contributed by atoms with van der Waals surface area (Å²) < 4.78 is 0. The lowest BCUT2D eigenvalue weighted by atomic mass is 9.84. The van der Waals surface area contributed by atoms with Crippen LogP contribution in [0.25, 0.3) is 0 Å². The zero-order valence-corrected chi connectivity index (χ0v) is 13.9. The lowest BCUT2D eigenvalue weighted by Gasteiger charge is -2.47. The van der Waals surface area contributed by atoms with E-state index in [0.717, 1.165) is 19.4 Å². The number of likely N-dealkylation sites (tertiary alicyclic amines) is 1. The minimum absolute atomic E-state index is 0.131. The summed E-state index contributed by atoms with van der Waals surface area (Å²) in [6.45, 7) is 6.63. The molecule has 0 aromatic heterocycles. The second-order valence-corrected chi connectivity index (χ2v) is 6.55. The van der Waals surface area contributed by atoms with Gasteiger partial charge in [0.25, 0.3) is 0 Å². The Labute approximate surface area is 130 Å². The molecule has 21 heavy (non-hydrogen) atoms. The third-order valence-corrected chi connectivity index (χ3v) is 5.37. The predicted octanol–water partition coefficient (Wildman–Crippen LogP) is 3.99. The largest absolute Gasteiger partial charge is 0.329 e. The van der Waals surface area contributed by atoms with Crippen LogP contribution in [-0.2, 0) is 6.42 Å². The summed E-state index contributed by atoms with van der Waals surface area (Å²) in [6, 6.07) is 11.6. The van der Waals surface area contributed by atoms with Crippen molar-refractivity contribution < 1.29 is 0 Å². The van der Waals surface area contributed by atoms with Crippen LogP contribution in [0.3, 0.4) is 0 Å². The molecule has 0 bridgehead atoms. The molecule has 1 saturated heterocycles. The third kappa shape index (κ3) is 3.87. The number of nitrogens with zero attached hydrogens (tertiary/aromatic N) is 1. The van der Waals surface area contributed by atoms with Gasteiger partial charge in [-0.05, 0) is 44.2 Å². The second kappa shape index (κ2) is 7.95. The molecule has 118 valence electrons. The molecule has 1 aliphatic heterocycles. The maximum atomic E-state index is 6.32. The Bertz CT molecular complexity index is 397. The highest BCUT2D eigenvalue weighted by Gasteiger charge is 2.37. The van der Waals surface area contributed by atoms with Gasteiger partial charge in [0, 0.05) is 18.1 Å². The van der Waals surface area contributed by atoms with E-state index in [0.29, 0.717) is 6.04 Å². The molecule has 0 spiro atoms. The summed E-state index contributed by atoms with van der Waals surface area (Å²) in [5.74, 6) is 0. The summed E-state index contributed by atoms with van der Waals surface area (Å²) in [7, 11) is 0. The zero-order valence-electron chi connectivity index (χ0n) is 13.9. The van der Waals surface area contributed by atoms with Gasteiger partial charge in [-0.25, -0.2) is 0 Å². The van der Waals surface area contributed by atoms with Gasteiger partial charge in [0.05, 0.1) is 0 Å². The topological polar surface area (TPSA) is 29.3 Å². The minimum atomic E-state index is 0.131. The zero-order chi connectivity index (χ0) is 15.1. The van der Waals surface area contributed by atoms with Gasteiger partial charge in [-0.3, -0.25) is 4.90 Å². The maximum absolute atomic E-state index is 6.32. The first kappa shape index (κ1) is 16.5. The van der Waals surface area contributed by atoms with Crippen molar-refractivity contribution in [2.24, 2.45) is 5.73 Å². The molecule has 2 heteroatoms. The smallest absolute Gasteiger partial charge is 0.0372 e. The molecule has 0 radical (unpaired) electrons.